The Morgan fingerprint density at radius 1 is 1.29 bits per heavy atom. The number of rotatable bonds is 1. The molecule has 0 saturated heterocycles. The Kier molecular flexibility index (Phi) is 2.35. The van der Waals surface area contributed by atoms with Crippen molar-refractivity contribution < 1.29 is 0 Å². The summed E-state index contributed by atoms with van der Waals surface area (Å²) in [5, 5.41) is 0.844. The molecule has 0 radical (unpaired) electrons. The van der Waals surface area contributed by atoms with E-state index in [4.69, 9.17) is 11.5 Å². The largest absolute Gasteiger partial charge is 0.383 e. The van der Waals surface area contributed by atoms with Crippen LogP contribution in [0.3, 0.4) is 0 Å². The normalized spacial score (nSPS) is 10.7. The number of para-hydroxylation sites is 1. The van der Waals surface area contributed by atoms with Crippen molar-refractivity contribution in [2.24, 2.45) is 5.73 Å². The van der Waals surface area contributed by atoms with Gasteiger partial charge < -0.3 is 11.5 Å². The molecule has 0 aliphatic rings. The second-order valence-corrected chi connectivity index (χ2v) is 3.72. The van der Waals surface area contributed by atoms with E-state index >= 15 is 0 Å². The van der Waals surface area contributed by atoms with E-state index in [-0.39, 0.29) is 0 Å². The fourth-order valence-corrected chi connectivity index (χ4v) is 1.74. The van der Waals surface area contributed by atoms with Crippen molar-refractivity contribution in [3.8, 4) is 0 Å². The lowest BCUT2D eigenvalue weighted by Gasteiger charge is -2.04. The minimum absolute atomic E-state index is 0.293. The summed E-state index contributed by atoms with van der Waals surface area (Å²) in [5.74, 6) is 1.03. The van der Waals surface area contributed by atoms with E-state index in [1.165, 1.54) is 0 Å². The van der Waals surface area contributed by atoms with E-state index in [0.717, 1.165) is 15.4 Å². The van der Waals surface area contributed by atoms with Crippen molar-refractivity contribution in [1.82, 2.24) is 9.97 Å². The third-order valence-corrected chi connectivity index (χ3v) is 2.58. The summed E-state index contributed by atoms with van der Waals surface area (Å²) in [7, 11) is 0. The first kappa shape index (κ1) is 9.36. The van der Waals surface area contributed by atoms with Crippen LogP contribution in [0.2, 0.25) is 0 Å². The maximum Gasteiger partial charge on any atom is 0.145 e. The van der Waals surface area contributed by atoms with Crippen LogP contribution in [0.15, 0.2) is 22.7 Å². The van der Waals surface area contributed by atoms with Gasteiger partial charge in [-0.2, -0.15) is 0 Å². The highest BCUT2D eigenvalue weighted by molar-refractivity contribution is 9.10. The zero-order valence-corrected chi connectivity index (χ0v) is 8.95. The van der Waals surface area contributed by atoms with Gasteiger partial charge in [0.05, 0.1) is 12.1 Å². The molecule has 4 nitrogen and oxygen atoms in total. The van der Waals surface area contributed by atoms with E-state index in [9.17, 15) is 0 Å². The van der Waals surface area contributed by atoms with Crippen LogP contribution in [0.4, 0.5) is 5.82 Å². The average Bonchev–Trinajstić information content (AvgIpc) is 2.19. The molecular weight excluding hydrogens is 244 g/mol. The highest BCUT2D eigenvalue weighted by atomic mass is 79.9. The van der Waals surface area contributed by atoms with Crippen molar-refractivity contribution in [3.63, 3.8) is 0 Å². The number of anilines is 1. The third-order valence-electron chi connectivity index (χ3n) is 1.94. The van der Waals surface area contributed by atoms with Gasteiger partial charge in [0.2, 0.25) is 0 Å². The lowest BCUT2D eigenvalue weighted by molar-refractivity contribution is 0.930. The number of fused-ring (bicyclic) bond motifs is 1. The van der Waals surface area contributed by atoms with Gasteiger partial charge in [-0.3, -0.25) is 0 Å². The van der Waals surface area contributed by atoms with Crippen LogP contribution in [-0.2, 0) is 6.54 Å². The zero-order valence-electron chi connectivity index (χ0n) is 7.37. The summed E-state index contributed by atoms with van der Waals surface area (Å²) in [5.41, 5.74) is 12.0. The van der Waals surface area contributed by atoms with Crippen LogP contribution in [0.1, 0.15) is 5.82 Å². The second-order valence-electron chi connectivity index (χ2n) is 2.87. The van der Waals surface area contributed by atoms with Crippen molar-refractivity contribution in [2.75, 3.05) is 5.73 Å². The molecule has 4 N–H and O–H groups in total. The first-order valence-corrected chi connectivity index (χ1v) is 4.92. The molecule has 0 bridgehead atoms. The fraction of sp³-hybridized carbons (Fsp3) is 0.111. The summed E-state index contributed by atoms with van der Waals surface area (Å²) in [6.45, 7) is 0.293. The molecular formula is C9H9BrN4. The van der Waals surface area contributed by atoms with Gasteiger partial charge in [0.15, 0.2) is 0 Å². The molecule has 0 saturated carbocycles. The predicted octanol–water partition coefficient (Wildman–Crippen LogP) is 1.43. The van der Waals surface area contributed by atoms with E-state index < -0.39 is 0 Å². The predicted molar refractivity (Wildman–Crippen MR) is 59.5 cm³/mol. The molecule has 1 aromatic carbocycles. The Morgan fingerprint density at radius 2 is 2.07 bits per heavy atom. The topological polar surface area (TPSA) is 77.8 Å². The molecule has 2 aromatic rings. The van der Waals surface area contributed by atoms with Gasteiger partial charge >= 0.3 is 0 Å². The van der Waals surface area contributed by atoms with Crippen LogP contribution < -0.4 is 11.5 Å². The maximum absolute atomic E-state index is 5.77. The van der Waals surface area contributed by atoms with E-state index in [1.807, 2.05) is 18.2 Å². The smallest absolute Gasteiger partial charge is 0.145 e. The Balaban J connectivity index is 2.83. The number of nitrogens with zero attached hydrogens (tertiary/aromatic N) is 2. The van der Waals surface area contributed by atoms with Gasteiger partial charge in [0, 0.05) is 9.86 Å². The van der Waals surface area contributed by atoms with Crippen LogP contribution in [0.5, 0.6) is 0 Å². The van der Waals surface area contributed by atoms with Gasteiger partial charge in [-0.25, -0.2) is 9.97 Å². The van der Waals surface area contributed by atoms with Gasteiger partial charge in [-0.05, 0) is 28.1 Å². The van der Waals surface area contributed by atoms with Crippen molar-refractivity contribution in [3.05, 3.63) is 28.5 Å². The van der Waals surface area contributed by atoms with Gasteiger partial charge in [0.1, 0.15) is 11.6 Å². The monoisotopic (exact) mass is 252 g/mol. The highest BCUT2D eigenvalue weighted by Crippen LogP contribution is 2.24. The Hall–Kier alpha value is -1.20. The van der Waals surface area contributed by atoms with Gasteiger partial charge in [-0.1, -0.05) is 6.07 Å². The minimum Gasteiger partial charge on any atom is -0.383 e. The number of nitrogens with two attached hydrogens (primary N) is 2. The Labute approximate surface area is 89.5 Å². The molecule has 14 heavy (non-hydrogen) atoms. The highest BCUT2D eigenvalue weighted by Gasteiger charge is 2.05. The number of hydrogen-bond acceptors (Lipinski definition) is 4. The lowest BCUT2D eigenvalue weighted by atomic mass is 10.2. The van der Waals surface area contributed by atoms with Crippen LogP contribution >= 0.6 is 15.9 Å². The van der Waals surface area contributed by atoms with E-state index in [2.05, 4.69) is 25.9 Å². The number of benzene rings is 1. The first-order valence-electron chi connectivity index (χ1n) is 4.13. The van der Waals surface area contributed by atoms with Gasteiger partial charge in [-0.15, -0.1) is 0 Å². The van der Waals surface area contributed by atoms with Crippen molar-refractivity contribution in [1.29, 1.82) is 0 Å². The summed E-state index contributed by atoms with van der Waals surface area (Å²) >= 11 is 3.41. The molecule has 5 heteroatoms. The standard InChI is InChI=1S/C9H9BrN4/c10-6-3-1-2-5-8(6)13-7(4-11)14-9(5)12/h1-3H,4,11H2,(H2,12,13,14). The molecule has 72 valence electrons. The number of nitrogen functional groups attached to an aromatic ring is 1. The molecule has 0 aliphatic carbocycles. The number of hydrogen-bond donors (Lipinski definition) is 2. The molecule has 1 aromatic heterocycles. The average molecular weight is 253 g/mol. The summed E-state index contributed by atoms with van der Waals surface area (Å²) in [4.78, 5) is 8.37. The fourth-order valence-electron chi connectivity index (χ4n) is 1.28. The lowest BCUT2D eigenvalue weighted by Crippen LogP contribution is -2.06. The minimum atomic E-state index is 0.293. The quantitative estimate of drug-likeness (QED) is 0.805. The molecule has 0 atom stereocenters. The first-order chi connectivity index (χ1) is 6.72. The van der Waals surface area contributed by atoms with Crippen molar-refractivity contribution in [2.45, 2.75) is 6.54 Å². The van der Waals surface area contributed by atoms with Crippen LogP contribution in [0.25, 0.3) is 10.9 Å². The van der Waals surface area contributed by atoms with Gasteiger partial charge in [0.25, 0.3) is 0 Å². The molecule has 0 unspecified atom stereocenters. The molecule has 0 spiro atoms. The number of aromatic nitrogens is 2. The van der Waals surface area contributed by atoms with E-state index in [0.29, 0.717) is 18.2 Å². The summed E-state index contributed by atoms with van der Waals surface area (Å²) < 4.78 is 0.902. The maximum atomic E-state index is 5.77. The van der Waals surface area contributed by atoms with Crippen LogP contribution in [-0.4, -0.2) is 9.97 Å². The van der Waals surface area contributed by atoms with Crippen LogP contribution in [0, 0.1) is 0 Å². The molecule has 0 fully saturated rings. The van der Waals surface area contributed by atoms with Crippen molar-refractivity contribution >= 4 is 32.7 Å². The molecule has 0 aliphatic heterocycles. The Bertz CT molecular complexity index is 483. The second kappa shape index (κ2) is 3.51. The Morgan fingerprint density at radius 3 is 2.79 bits per heavy atom. The molecule has 2 rings (SSSR count). The third kappa shape index (κ3) is 1.44. The molecule has 1 heterocycles. The SMILES string of the molecule is NCc1nc(N)c2cccc(Br)c2n1. The molecule has 0 amide bonds. The summed E-state index contributed by atoms with van der Waals surface area (Å²) in [6, 6.07) is 5.69. The summed E-state index contributed by atoms with van der Waals surface area (Å²) in [6.07, 6.45) is 0. The van der Waals surface area contributed by atoms with E-state index in [1.54, 1.807) is 0 Å². The zero-order chi connectivity index (χ0) is 10.1. The number of halogens is 1.